The van der Waals surface area contributed by atoms with Crippen molar-refractivity contribution in [3.8, 4) is 5.75 Å². The Labute approximate surface area is 136 Å². The van der Waals surface area contributed by atoms with Crippen LogP contribution in [-0.4, -0.2) is 13.1 Å². The van der Waals surface area contributed by atoms with E-state index in [1.807, 2.05) is 30.3 Å². The number of carbonyl (C=O) groups excluding carboxylic acids is 1. The Bertz CT molecular complexity index is 685. The second-order valence-electron chi connectivity index (χ2n) is 5.78. The number of benzene rings is 2. The van der Waals surface area contributed by atoms with Gasteiger partial charge in [-0.15, -0.1) is 0 Å². The van der Waals surface area contributed by atoms with Crippen LogP contribution in [0.25, 0.3) is 0 Å². The van der Waals surface area contributed by atoms with Crippen molar-refractivity contribution >= 4 is 6.03 Å². The molecule has 0 unspecified atom stereocenters. The lowest BCUT2D eigenvalue weighted by atomic mass is 9.88. The Morgan fingerprint density at radius 1 is 1.17 bits per heavy atom. The zero-order valence-electron chi connectivity index (χ0n) is 13.3. The highest BCUT2D eigenvalue weighted by atomic mass is 16.5. The molecule has 0 saturated heterocycles. The molecule has 0 aromatic heterocycles. The summed E-state index contributed by atoms with van der Waals surface area (Å²) < 4.78 is 5.30. The van der Waals surface area contributed by atoms with Crippen molar-refractivity contribution in [2.45, 2.75) is 31.8 Å². The van der Waals surface area contributed by atoms with Crippen molar-refractivity contribution < 1.29 is 9.53 Å². The molecule has 2 aromatic rings. The van der Waals surface area contributed by atoms with E-state index in [1.54, 1.807) is 7.11 Å². The van der Waals surface area contributed by atoms with Gasteiger partial charge in [0.25, 0.3) is 0 Å². The second-order valence-corrected chi connectivity index (χ2v) is 5.78. The maximum atomic E-state index is 12.2. The van der Waals surface area contributed by atoms with Gasteiger partial charge in [0.1, 0.15) is 5.75 Å². The molecule has 0 fully saturated rings. The molecule has 3 rings (SSSR count). The van der Waals surface area contributed by atoms with Crippen LogP contribution in [0, 0.1) is 0 Å². The van der Waals surface area contributed by atoms with Gasteiger partial charge in [0.15, 0.2) is 0 Å². The number of carbonyl (C=O) groups is 1. The topological polar surface area (TPSA) is 50.4 Å². The lowest BCUT2D eigenvalue weighted by molar-refractivity contribution is 0.235. The monoisotopic (exact) mass is 310 g/mol. The summed E-state index contributed by atoms with van der Waals surface area (Å²) in [6, 6.07) is 16.0. The Kier molecular flexibility index (Phi) is 4.81. The molecule has 1 aliphatic rings. The number of urea groups is 1. The Balaban J connectivity index is 1.60. The van der Waals surface area contributed by atoms with E-state index >= 15 is 0 Å². The summed E-state index contributed by atoms with van der Waals surface area (Å²) in [7, 11) is 1.64. The number of fused-ring (bicyclic) bond motifs is 1. The SMILES string of the molecule is COc1ccccc1CNC(=O)N[C@@H]1CCCc2ccccc21. The molecule has 23 heavy (non-hydrogen) atoms. The minimum atomic E-state index is -0.141. The molecule has 4 heteroatoms. The average molecular weight is 310 g/mol. The fourth-order valence-electron chi connectivity index (χ4n) is 3.14. The molecule has 0 radical (unpaired) electrons. The molecule has 4 nitrogen and oxygen atoms in total. The minimum absolute atomic E-state index is 0.0950. The molecule has 1 aliphatic carbocycles. The number of hydrogen-bond donors (Lipinski definition) is 2. The highest BCUT2D eigenvalue weighted by molar-refractivity contribution is 5.74. The minimum Gasteiger partial charge on any atom is -0.496 e. The van der Waals surface area contributed by atoms with E-state index in [4.69, 9.17) is 4.74 Å². The molecule has 2 aromatic carbocycles. The number of nitrogens with one attached hydrogen (secondary N) is 2. The number of methoxy groups -OCH3 is 1. The average Bonchev–Trinajstić information content (AvgIpc) is 2.60. The number of aryl methyl sites for hydroxylation is 1. The van der Waals surface area contributed by atoms with Gasteiger partial charge in [-0.1, -0.05) is 42.5 Å². The largest absolute Gasteiger partial charge is 0.496 e. The van der Waals surface area contributed by atoms with E-state index in [1.165, 1.54) is 11.1 Å². The van der Waals surface area contributed by atoms with E-state index in [-0.39, 0.29) is 12.1 Å². The van der Waals surface area contributed by atoms with Crippen molar-refractivity contribution in [2.75, 3.05) is 7.11 Å². The molecule has 0 saturated carbocycles. The highest BCUT2D eigenvalue weighted by Crippen LogP contribution is 2.29. The fourth-order valence-corrected chi connectivity index (χ4v) is 3.14. The van der Waals surface area contributed by atoms with E-state index < -0.39 is 0 Å². The third-order valence-electron chi connectivity index (χ3n) is 4.31. The van der Waals surface area contributed by atoms with Gasteiger partial charge in [-0.3, -0.25) is 0 Å². The molecular weight excluding hydrogens is 288 g/mol. The third kappa shape index (κ3) is 3.65. The van der Waals surface area contributed by atoms with Gasteiger partial charge in [-0.05, 0) is 36.5 Å². The molecular formula is C19H22N2O2. The summed E-state index contributed by atoms with van der Waals surface area (Å²) in [5.74, 6) is 0.788. The predicted octanol–water partition coefficient (Wildman–Crippen LogP) is 3.57. The zero-order valence-corrected chi connectivity index (χ0v) is 13.3. The molecule has 0 aliphatic heterocycles. The van der Waals surface area contributed by atoms with Crippen LogP contribution in [0.15, 0.2) is 48.5 Å². The molecule has 120 valence electrons. The molecule has 2 N–H and O–H groups in total. The molecule has 0 bridgehead atoms. The van der Waals surface area contributed by atoms with Crippen LogP contribution in [0.3, 0.4) is 0 Å². The van der Waals surface area contributed by atoms with Crippen molar-refractivity contribution in [3.63, 3.8) is 0 Å². The van der Waals surface area contributed by atoms with Gasteiger partial charge in [-0.2, -0.15) is 0 Å². The summed E-state index contributed by atoms with van der Waals surface area (Å²) in [5.41, 5.74) is 3.55. The smallest absolute Gasteiger partial charge is 0.315 e. The lowest BCUT2D eigenvalue weighted by Gasteiger charge is -2.26. The number of ether oxygens (including phenoxy) is 1. The van der Waals surface area contributed by atoms with Crippen molar-refractivity contribution in [1.29, 1.82) is 0 Å². The molecule has 0 spiro atoms. The number of hydrogen-bond acceptors (Lipinski definition) is 2. The first-order valence-electron chi connectivity index (χ1n) is 8.02. The lowest BCUT2D eigenvalue weighted by Crippen LogP contribution is -2.38. The van der Waals surface area contributed by atoms with Crippen molar-refractivity contribution in [3.05, 3.63) is 65.2 Å². The summed E-state index contributed by atoms with van der Waals surface area (Å²) in [5, 5.41) is 6.01. The van der Waals surface area contributed by atoms with Crippen LogP contribution in [0.4, 0.5) is 4.79 Å². The quantitative estimate of drug-likeness (QED) is 0.907. The first kappa shape index (κ1) is 15.4. The summed E-state index contributed by atoms with van der Waals surface area (Å²) in [4.78, 5) is 12.2. The van der Waals surface area contributed by atoms with Crippen molar-refractivity contribution in [2.24, 2.45) is 0 Å². The maximum absolute atomic E-state index is 12.2. The van der Waals surface area contributed by atoms with Gasteiger partial charge in [0.05, 0.1) is 13.2 Å². The second kappa shape index (κ2) is 7.18. The zero-order chi connectivity index (χ0) is 16.1. The summed E-state index contributed by atoms with van der Waals surface area (Å²) in [6.07, 6.45) is 3.19. The van der Waals surface area contributed by atoms with Crippen LogP contribution < -0.4 is 15.4 Å². The van der Waals surface area contributed by atoms with Gasteiger partial charge in [0.2, 0.25) is 0 Å². The van der Waals surface area contributed by atoms with Gasteiger partial charge in [-0.25, -0.2) is 4.79 Å². The standard InChI is InChI=1S/C19H22N2O2/c1-23-18-12-5-3-8-15(18)13-20-19(22)21-17-11-6-9-14-7-2-4-10-16(14)17/h2-5,7-8,10,12,17H,6,9,11,13H2,1H3,(H2,20,21,22)/t17-/m1/s1. The van der Waals surface area contributed by atoms with Gasteiger partial charge in [0, 0.05) is 12.1 Å². The van der Waals surface area contributed by atoms with Gasteiger partial charge >= 0.3 is 6.03 Å². The van der Waals surface area contributed by atoms with E-state index in [9.17, 15) is 4.79 Å². The molecule has 0 heterocycles. The Morgan fingerprint density at radius 3 is 2.83 bits per heavy atom. The normalized spacial score (nSPS) is 16.3. The van der Waals surface area contributed by atoms with Crippen LogP contribution in [0.2, 0.25) is 0 Å². The number of rotatable bonds is 4. The van der Waals surface area contributed by atoms with Crippen LogP contribution in [0.1, 0.15) is 35.6 Å². The molecule has 2 amide bonds. The van der Waals surface area contributed by atoms with Crippen LogP contribution >= 0.6 is 0 Å². The molecule has 1 atom stereocenters. The highest BCUT2D eigenvalue weighted by Gasteiger charge is 2.21. The van der Waals surface area contributed by atoms with E-state index in [0.29, 0.717) is 6.54 Å². The van der Waals surface area contributed by atoms with Crippen molar-refractivity contribution in [1.82, 2.24) is 10.6 Å². The first-order chi connectivity index (χ1) is 11.3. The maximum Gasteiger partial charge on any atom is 0.315 e. The van der Waals surface area contributed by atoms with Crippen LogP contribution in [-0.2, 0) is 13.0 Å². The summed E-state index contributed by atoms with van der Waals surface area (Å²) in [6.45, 7) is 0.449. The Hall–Kier alpha value is -2.49. The Morgan fingerprint density at radius 2 is 1.96 bits per heavy atom. The van der Waals surface area contributed by atoms with Crippen LogP contribution in [0.5, 0.6) is 5.75 Å². The predicted molar refractivity (Wildman–Crippen MR) is 90.5 cm³/mol. The van der Waals surface area contributed by atoms with E-state index in [0.717, 1.165) is 30.6 Å². The third-order valence-corrected chi connectivity index (χ3v) is 4.31. The summed E-state index contributed by atoms with van der Waals surface area (Å²) >= 11 is 0. The first-order valence-corrected chi connectivity index (χ1v) is 8.02. The fraction of sp³-hybridized carbons (Fsp3) is 0.316. The van der Waals surface area contributed by atoms with Gasteiger partial charge < -0.3 is 15.4 Å². The van der Waals surface area contributed by atoms with E-state index in [2.05, 4.69) is 28.8 Å². The number of para-hydroxylation sites is 1. The number of amides is 2.